The lowest BCUT2D eigenvalue weighted by atomic mass is 9.59. The number of fused-ring (bicyclic) bond motifs is 3. The first-order valence-electron chi connectivity index (χ1n) is 11.7. The molecule has 3 saturated carbocycles. The highest BCUT2D eigenvalue weighted by Gasteiger charge is 2.76. The third-order valence-electron chi connectivity index (χ3n) is 9.57. The maximum absolute atomic E-state index is 14.2. The van der Waals surface area contributed by atoms with E-state index >= 15 is 0 Å². The maximum Gasteiger partial charge on any atom is 0.309 e. The molecule has 0 unspecified atom stereocenters. The second kappa shape index (κ2) is 6.52. The van der Waals surface area contributed by atoms with E-state index in [0.717, 1.165) is 25.7 Å². The van der Waals surface area contributed by atoms with E-state index in [1.54, 1.807) is 19.1 Å². The number of esters is 1. The van der Waals surface area contributed by atoms with Crippen molar-refractivity contribution in [3.63, 3.8) is 0 Å². The van der Waals surface area contributed by atoms with E-state index in [4.69, 9.17) is 4.74 Å². The normalized spacial score (nSPS) is 47.8. The molecule has 8 atom stereocenters. The Morgan fingerprint density at radius 2 is 1.97 bits per heavy atom. The summed E-state index contributed by atoms with van der Waals surface area (Å²) >= 11 is 0. The summed E-state index contributed by atoms with van der Waals surface area (Å²) in [6.45, 7) is 7.60. The molecule has 5 aliphatic carbocycles. The van der Waals surface area contributed by atoms with Crippen molar-refractivity contribution in [3.05, 3.63) is 23.3 Å². The van der Waals surface area contributed by atoms with Gasteiger partial charge in [0.05, 0.1) is 17.9 Å². The van der Waals surface area contributed by atoms with Crippen LogP contribution in [0.5, 0.6) is 0 Å². The van der Waals surface area contributed by atoms with Gasteiger partial charge in [-0.15, -0.1) is 0 Å². The minimum Gasteiger partial charge on any atom is -0.454 e. The minimum absolute atomic E-state index is 0.00583. The van der Waals surface area contributed by atoms with Crippen molar-refractivity contribution >= 4 is 11.8 Å². The topological polar surface area (TPSA) is 104 Å². The number of hydrogen-bond donors (Lipinski definition) is 3. The summed E-state index contributed by atoms with van der Waals surface area (Å²) < 4.78 is 5.84. The Kier molecular flexibility index (Phi) is 4.49. The number of aliphatic hydroxyl groups is 3. The van der Waals surface area contributed by atoms with Crippen LogP contribution < -0.4 is 0 Å². The first-order chi connectivity index (χ1) is 14.5. The van der Waals surface area contributed by atoms with Gasteiger partial charge in [-0.05, 0) is 60.5 Å². The van der Waals surface area contributed by atoms with Gasteiger partial charge in [0.15, 0.2) is 17.5 Å². The highest BCUT2D eigenvalue weighted by Crippen LogP contribution is 2.71. The van der Waals surface area contributed by atoms with E-state index in [1.165, 1.54) is 0 Å². The van der Waals surface area contributed by atoms with Crippen LogP contribution >= 0.6 is 0 Å². The lowest BCUT2D eigenvalue weighted by molar-refractivity contribution is -0.206. The molecule has 1 spiro atoms. The smallest absolute Gasteiger partial charge is 0.309 e. The molecule has 5 rings (SSSR count). The monoisotopic (exact) mass is 430 g/mol. The summed E-state index contributed by atoms with van der Waals surface area (Å²) in [6, 6.07) is 0. The van der Waals surface area contributed by atoms with Gasteiger partial charge in [0, 0.05) is 5.92 Å². The molecule has 3 N–H and O–H groups in total. The van der Waals surface area contributed by atoms with Gasteiger partial charge in [0.25, 0.3) is 0 Å². The highest BCUT2D eigenvalue weighted by atomic mass is 16.6. The van der Waals surface area contributed by atoms with E-state index in [-0.39, 0.29) is 40.5 Å². The van der Waals surface area contributed by atoms with E-state index in [1.807, 2.05) is 6.92 Å². The Morgan fingerprint density at radius 3 is 2.55 bits per heavy atom. The Hall–Kier alpha value is -1.50. The highest BCUT2D eigenvalue weighted by molar-refractivity contribution is 5.95. The van der Waals surface area contributed by atoms with Crippen molar-refractivity contribution < 1.29 is 29.6 Å². The number of carbonyl (C=O) groups excluding carboxylic acids is 2. The predicted molar refractivity (Wildman–Crippen MR) is 113 cm³/mol. The van der Waals surface area contributed by atoms with Crippen molar-refractivity contribution in [2.24, 2.45) is 40.4 Å². The van der Waals surface area contributed by atoms with Crippen molar-refractivity contribution in [2.75, 3.05) is 6.61 Å². The lowest BCUT2D eigenvalue weighted by Gasteiger charge is -2.49. The third kappa shape index (κ3) is 2.44. The molecule has 31 heavy (non-hydrogen) atoms. The largest absolute Gasteiger partial charge is 0.454 e. The fourth-order valence-electron chi connectivity index (χ4n) is 7.45. The van der Waals surface area contributed by atoms with Crippen molar-refractivity contribution in [3.8, 4) is 0 Å². The molecule has 5 aliphatic rings. The third-order valence-corrected chi connectivity index (χ3v) is 9.57. The predicted octanol–water partition coefficient (Wildman–Crippen LogP) is 2.17. The van der Waals surface area contributed by atoms with Crippen LogP contribution in [0.1, 0.15) is 53.4 Å². The quantitative estimate of drug-likeness (QED) is 0.468. The lowest BCUT2D eigenvalue weighted by Crippen LogP contribution is -2.66. The molecule has 0 aromatic carbocycles. The minimum atomic E-state index is -2.03. The molecule has 0 amide bonds. The number of ketones is 1. The summed E-state index contributed by atoms with van der Waals surface area (Å²) in [5.41, 5.74) is -2.55. The SMILES string of the molecule is CC1=C[C@]23C(=O)[C@@H](C=C(CO)[C@@H](O)[C@]2(O)[C@H]1OC(=O)C1CCC1)[C@H]1[C@@H](C[C@H]3C)C1(C)C. The Balaban J connectivity index is 1.65. The van der Waals surface area contributed by atoms with E-state index < -0.39 is 35.7 Å². The van der Waals surface area contributed by atoms with Crippen LogP contribution in [-0.2, 0) is 14.3 Å². The first kappa shape index (κ1) is 21.4. The molecule has 0 saturated heterocycles. The molecule has 0 aliphatic heterocycles. The van der Waals surface area contributed by atoms with Crippen LogP contribution in [0.15, 0.2) is 23.3 Å². The molecule has 2 bridgehead atoms. The van der Waals surface area contributed by atoms with Gasteiger partial charge >= 0.3 is 5.97 Å². The molecule has 0 aromatic heterocycles. The molecular weight excluding hydrogens is 396 g/mol. The number of allylic oxidation sites excluding steroid dienone is 1. The van der Waals surface area contributed by atoms with Gasteiger partial charge in [-0.1, -0.05) is 39.3 Å². The number of aliphatic hydroxyl groups excluding tert-OH is 2. The van der Waals surface area contributed by atoms with Crippen molar-refractivity contribution in [1.29, 1.82) is 0 Å². The Labute approximate surface area is 183 Å². The van der Waals surface area contributed by atoms with Gasteiger partial charge < -0.3 is 20.1 Å². The maximum atomic E-state index is 14.2. The molecule has 6 heteroatoms. The van der Waals surface area contributed by atoms with E-state index in [9.17, 15) is 24.9 Å². The summed E-state index contributed by atoms with van der Waals surface area (Å²) in [7, 11) is 0. The number of carbonyl (C=O) groups is 2. The standard InChI is InChI=1S/C25H34O6/c1-12-10-24-13(2)8-17-18(23(17,3)4)16(20(24)28)9-15(11-26)19(27)25(24,30)21(12)31-22(29)14-6-5-7-14/h9-10,13-14,16-19,21,26-27,30H,5-8,11H2,1-4H3/t13-,16+,17-,18+,19-,21+,24+,25+/m1/s1. The fraction of sp³-hybridized carbons (Fsp3) is 0.760. The zero-order chi connectivity index (χ0) is 22.5. The molecule has 0 aromatic rings. The van der Waals surface area contributed by atoms with Gasteiger partial charge in [-0.3, -0.25) is 9.59 Å². The molecule has 0 radical (unpaired) electrons. The first-order valence-corrected chi connectivity index (χ1v) is 11.7. The van der Waals surface area contributed by atoms with Crippen LogP contribution in [-0.4, -0.2) is 51.5 Å². The number of rotatable bonds is 3. The molecule has 0 heterocycles. The Bertz CT molecular complexity index is 898. The molecular formula is C25H34O6. The number of ether oxygens (including phenoxy) is 1. The average Bonchev–Trinajstić information content (AvgIpc) is 3.15. The second-order valence-corrected chi connectivity index (χ2v) is 11.3. The van der Waals surface area contributed by atoms with E-state index in [0.29, 0.717) is 11.5 Å². The molecule has 3 fully saturated rings. The van der Waals surface area contributed by atoms with Gasteiger partial charge in [0.2, 0.25) is 0 Å². The van der Waals surface area contributed by atoms with Crippen LogP contribution in [0.2, 0.25) is 0 Å². The summed E-state index contributed by atoms with van der Waals surface area (Å²) in [4.78, 5) is 26.9. The molecule has 170 valence electrons. The van der Waals surface area contributed by atoms with Crippen LogP contribution in [0.25, 0.3) is 0 Å². The Morgan fingerprint density at radius 1 is 1.29 bits per heavy atom. The number of hydrogen-bond acceptors (Lipinski definition) is 6. The zero-order valence-corrected chi connectivity index (χ0v) is 18.8. The van der Waals surface area contributed by atoms with Crippen molar-refractivity contribution in [2.45, 2.75) is 71.2 Å². The van der Waals surface area contributed by atoms with Crippen LogP contribution in [0.4, 0.5) is 0 Å². The zero-order valence-electron chi connectivity index (χ0n) is 18.8. The fourth-order valence-corrected chi connectivity index (χ4v) is 7.45. The van der Waals surface area contributed by atoms with Gasteiger partial charge in [0.1, 0.15) is 6.10 Å². The van der Waals surface area contributed by atoms with Gasteiger partial charge in [-0.25, -0.2) is 0 Å². The average molecular weight is 431 g/mol. The van der Waals surface area contributed by atoms with Gasteiger partial charge in [-0.2, -0.15) is 0 Å². The summed E-state index contributed by atoms with van der Waals surface area (Å²) in [6.07, 6.45) is 4.12. The molecule has 6 nitrogen and oxygen atoms in total. The summed E-state index contributed by atoms with van der Waals surface area (Å²) in [5.74, 6) is -0.972. The van der Waals surface area contributed by atoms with Crippen LogP contribution in [0.3, 0.4) is 0 Å². The van der Waals surface area contributed by atoms with E-state index in [2.05, 4.69) is 13.8 Å². The van der Waals surface area contributed by atoms with Crippen LogP contribution in [0, 0.1) is 40.4 Å². The number of Topliss-reactive ketones (excluding diaryl/α,β-unsaturated/α-hetero) is 1. The second-order valence-electron chi connectivity index (χ2n) is 11.3. The van der Waals surface area contributed by atoms with Crippen molar-refractivity contribution in [1.82, 2.24) is 0 Å². The summed E-state index contributed by atoms with van der Waals surface area (Å²) in [5, 5.41) is 33.8.